The van der Waals surface area contributed by atoms with Crippen LogP contribution in [-0.2, 0) is 6.61 Å². The molecule has 0 aliphatic rings. The summed E-state index contributed by atoms with van der Waals surface area (Å²) in [6, 6.07) is 20.9. The van der Waals surface area contributed by atoms with Gasteiger partial charge in [-0.3, -0.25) is 9.78 Å². The summed E-state index contributed by atoms with van der Waals surface area (Å²) in [6.45, 7) is 0.497. The van der Waals surface area contributed by atoms with Gasteiger partial charge in [-0.05, 0) is 47.5 Å². The van der Waals surface area contributed by atoms with E-state index in [9.17, 15) is 4.79 Å². The van der Waals surface area contributed by atoms with E-state index < -0.39 is 0 Å². The predicted octanol–water partition coefficient (Wildman–Crippen LogP) is 4.45. The molecule has 27 heavy (non-hydrogen) atoms. The number of rotatable bonds is 7. The zero-order valence-electron chi connectivity index (χ0n) is 15.5. The Morgan fingerprint density at radius 2 is 1.59 bits per heavy atom. The monoisotopic (exact) mass is 358 g/mol. The van der Waals surface area contributed by atoms with Crippen LogP contribution in [-0.4, -0.2) is 29.8 Å². The Morgan fingerprint density at radius 3 is 2.22 bits per heavy atom. The number of Topliss-reactive ketones (excluding diaryl/α,β-unsaturated/α-hetero) is 1. The van der Waals surface area contributed by atoms with Crippen molar-refractivity contribution in [3.63, 3.8) is 0 Å². The summed E-state index contributed by atoms with van der Waals surface area (Å²) in [5, 5.41) is 0. The van der Waals surface area contributed by atoms with Gasteiger partial charge in [0.1, 0.15) is 12.4 Å². The van der Waals surface area contributed by atoms with Gasteiger partial charge in [-0.1, -0.05) is 30.3 Å². The molecule has 0 fully saturated rings. The highest BCUT2D eigenvalue weighted by Crippen LogP contribution is 2.22. The number of hydrogen-bond donors (Lipinski definition) is 0. The van der Waals surface area contributed by atoms with Crippen molar-refractivity contribution in [1.82, 2.24) is 9.88 Å². The maximum Gasteiger partial charge on any atom is 0.195 e. The quantitative estimate of drug-likeness (QED) is 0.462. The zero-order valence-corrected chi connectivity index (χ0v) is 15.5. The van der Waals surface area contributed by atoms with Gasteiger partial charge in [0.05, 0.1) is 0 Å². The van der Waals surface area contributed by atoms with Gasteiger partial charge in [0, 0.05) is 43.8 Å². The molecule has 0 aliphatic carbocycles. The van der Waals surface area contributed by atoms with Crippen molar-refractivity contribution in [2.45, 2.75) is 6.61 Å². The van der Waals surface area contributed by atoms with Crippen LogP contribution in [0.1, 0.15) is 21.5 Å². The van der Waals surface area contributed by atoms with Crippen LogP contribution in [0.5, 0.6) is 5.75 Å². The molecule has 0 unspecified atom stereocenters. The minimum absolute atomic E-state index is 0.0375. The van der Waals surface area contributed by atoms with Crippen molar-refractivity contribution in [1.29, 1.82) is 0 Å². The third kappa shape index (κ3) is 5.05. The smallest absolute Gasteiger partial charge is 0.195 e. The second-order valence-corrected chi connectivity index (χ2v) is 6.37. The molecule has 0 saturated heterocycles. The average molecular weight is 358 g/mol. The molecular weight excluding hydrogens is 336 g/mol. The first-order valence-electron chi connectivity index (χ1n) is 8.73. The lowest BCUT2D eigenvalue weighted by Crippen LogP contribution is -2.09. The van der Waals surface area contributed by atoms with E-state index in [0.717, 1.165) is 16.9 Å². The highest BCUT2D eigenvalue weighted by atomic mass is 16.5. The number of aromatic nitrogens is 1. The SMILES string of the molecule is CN(C)C=C(C(=O)c1ccc(OCc2ccccc2)cc1)c1ccncc1. The average Bonchev–Trinajstić information content (AvgIpc) is 2.72. The predicted molar refractivity (Wildman–Crippen MR) is 107 cm³/mol. The zero-order chi connectivity index (χ0) is 19.1. The van der Waals surface area contributed by atoms with Crippen molar-refractivity contribution in [3.8, 4) is 5.75 Å². The summed E-state index contributed by atoms with van der Waals surface area (Å²) in [4.78, 5) is 18.9. The maximum absolute atomic E-state index is 13.0. The number of ketones is 1. The Labute approximate surface area is 159 Å². The van der Waals surface area contributed by atoms with E-state index in [-0.39, 0.29) is 5.78 Å². The third-order valence-electron chi connectivity index (χ3n) is 3.99. The Bertz CT molecular complexity index is 902. The second-order valence-electron chi connectivity index (χ2n) is 6.37. The second kappa shape index (κ2) is 8.81. The Morgan fingerprint density at radius 1 is 0.926 bits per heavy atom. The van der Waals surface area contributed by atoms with Crippen LogP contribution in [0.25, 0.3) is 5.57 Å². The van der Waals surface area contributed by atoms with E-state index in [1.54, 1.807) is 24.5 Å². The molecule has 1 aromatic heterocycles. The number of carbonyl (C=O) groups is 1. The first-order chi connectivity index (χ1) is 13.1. The van der Waals surface area contributed by atoms with Crippen molar-refractivity contribution in [2.24, 2.45) is 0 Å². The standard InChI is InChI=1S/C23H22N2O2/c1-25(2)16-22(19-12-14-24-15-13-19)23(26)20-8-10-21(11-9-20)27-17-18-6-4-3-5-7-18/h3-16H,17H2,1-2H3. The molecule has 3 rings (SSSR count). The molecule has 0 spiro atoms. The Kier molecular flexibility index (Phi) is 6.00. The molecule has 0 aliphatic heterocycles. The molecule has 1 heterocycles. The van der Waals surface area contributed by atoms with Gasteiger partial charge in [0.15, 0.2) is 5.78 Å². The summed E-state index contributed by atoms with van der Waals surface area (Å²) in [5.74, 6) is 0.696. The minimum Gasteiger partial charge on any atom is -0.489 e. The Hall–Kier alpha value is -3.40. The lowest BCUT2D eigenvalue weighted by molar-refractivity contribution is 0.105. The van der Waals surface area contributed by atoms with Crippen molar-refractivity contribution < 1.29 is 9.53 Å². The lowest BCUT2D eigenvalue weighted by atomic mass is 9.98. The van der Waals surface area contributed by atoms with Gasteiger partial charge in [0.2, 0.25) is 0 Å². The maximum atomic E-state index is 13.0. The van der Waals surface area contributed by atoms with Gasteiger partial charge in [-0.25, -0.2) is 0 Å². The van der Waals surface area contributed by atoms with Crippen LogP contribution in [0.15, 0.2) is 85.3 Å². The molecule has 4 heteroatoms. The fourth-order valence-corrected chi connectivity index (χ4v) is 2.65. The van der Waals surface area contributed by atoms with E-state index >= 15 is 0 Å². The topological polar surface area (TPSA) is 42.4 Å². The van der Waals surface area contributed by atoms with E-state index in [1.807, 2.05) is 79.8 Å². The molecule has 2 aromatic carbocycles. The van der Waals surface area contributed by atoms with Gasteiger partial charge in [-0.15, -0.1) is 0 Å². The van der Waals surface area contributed by atoms with E-state index in [0.29, 0.717) is 17.7 Å². The number of ether oxygens (including phenoxy) is 1. The molecule has 3 aromatic rings. The van der Waals surface area contributed by atoms with Crippen molar-refractivity contribution in [2.75, 3.05) is 14.1 Å². The fourth-order valence-electron chi connectivity index (χ4n) is 2.65. The largest absolute Gasteiger partial charge is 0.489 e. The van der Waals surface area contributed by atoms with Crippen LogP contribution in [0, 0.1) is 0 Å². The van der Waals surface area contributed by atoms with Gasteiger partial charge in [-0.2, -0.15) is 0 Å². The van der Waals surface area contributed by atoms with Crippen molar-refractivity contribution in [3.05, 3.63) is 102 Å². The van der Waals surface area contributed by atoms with Crippen LogP contribution >= 0.6 is 0 Å². The number of nitrogens with zero attached hydrogens (tertiary/aromatic N) is 2. The number of pyridine rings is 1. The third-order valence-corrected chi connectivity index (χ3v) is 3.99. The number of benzene rings is 2. The number of allylic oxidation sites excluding steroid dienone is 1. The highest BCUT2D eigenvalue weighted by Gasteiger charge is 2.15. The van der Waals surface area contributed by atoms with Crippen LogP contribution < -0.4 is 4.74 Å². The first-order valence-corrected chi connectivity index (χ1v) is 8.73. The number of hydrogen-bond acceptors (Lipinski definition) is 4. The van der Waals surface area contributed by atoms with Gasteiger partial charge >= 0.3 is 0 Å². The summed E-state index contributed by atoms with van der Waals surface area (Å²) in [7, 11) is 3.80. The number of carbonyl (C=O) groups excluding carboxylic acids is 1. The minimum atomic E-state index is -0.0375. The molecule has 0 amide bonds. The summed E-state index contributed by atoms with van der Waals surface area (Å²) in [6.07, 6.45) is 5.21. The molecule has 0 N–H and O–H groups in total. The van der Waals surface area contributed by atoms with Crippen LogP contribution in [0.3, 0.4) is 0 Å². The normalized spacial score (nSPS) is 11.1. The van der Waals surface area contributed by atoms with E-state index in [4.69, 9.17) is 4.74 Å². The first kappa shape index (κ1) is 18.4. The molecule has 0 atom stereocenters. The molecule has 0 saturated carbocycles. The summed E-state index contributed by atoms with van der Waals surface area (Å²) in [5.41, 5.74) is 3.19. The lowest BCUT2D eigenvalue weighted by Gasteiger charge is -2.12. The van der Waals surface area contributed by atoms with Gasteiger partial charge < -0.3 is 9.64 Å². The van der Waals surface area contributed by atoms with Gasteiger partial charge in [0.25, 0.3) is 0 Å². The van der Waals surface area contributed by atoms with Crippen LogP contribution in [0.2, 0.25) is 0 Å². The summed E-state index contributed by atoms with van der Waals surface area (Å²) < 4.78 is 5.79. The molecule has 0 radical (unpaired) electrons. The highest BCUT2D eigenvalue weighted by molar-refractivity contribution is 6.28. The molecular formula is C23H22N2O2. The molecule has 4 nitrogen and oxygen atoms in total. The van der Waals surface area contributed by atoms with E-state index in [2.05, 4.69) is 4.98 Å². The molecule has 136 valence electrons. The molecule has 0 bridgehead atoms. The fraction of sp³-hybridized carbons (Fsp3) is 0.130. The van der Waals surface area contributed by atoms with Crippen LogP contribution in [0.4, 0.5) is 0 Å². The van der Waals surface area contributed by atoms with E-state index in [1.165, 1.54) is 0 Å². The van der Waals surface area contributed by atoms with Crippen molar-refractivity contribution >= 4 is 11.4 Å². The summed E-state index contributed by atoms with van der Waals surface area (Å²) >= 11 is 0. The Balaban J connectivity index is 1.75.